The summed E-state index contributed by atoms with van der Waals surface area (Å²) in [5, 5.41) is 4.85. The fraction of sp³-hybridized carbons (Fsp3) is 0.167. The van der Waals surface area contributed by atoms with Gasteiger partial charge in [-0.15, -0.1) is 23.2 Å². The molecule has 0 aliphatic heterocycles. The number of benzene rings is 3. The van der Waals surface area contributed by atoms with Crippen molar-refractivity contribution in [2.75, 3.05) is 16.4 Å². The minimum Gasteiger partial charge on any atom is -0.394 e. The molecule has 4 rings (SSSR count). The number of amides is 2. The van der Waals surface area contributed by atoms with E-state index < -0.39 is 51.1 Å². The van der Waals surface area contributed by atoms with Crippen molar-refractivity contribution in [3.8, 4) is 0 Å². The molecular formula is C24H16Cl4F3N3O2. The summed E-state index contributed by atoms with van der Waals surface area (Å²) in [6, 6.07) is 8.66. The molecule has 188 valence electrons. The summed E-state index contributed by atoms with van der Waals surface area (Å²) in [6.45, 7) is 1.60. The number of aryl methyl sites for hydroxylation is 1. The first-order valence-electron chi connectivity index (χ1n) is 10.3. The average molecular weight is 577 g/mol. The Labute approximate surface area is 223 Å². The minimum atomic E-state index is -1.47. The maximum atomic E-state index is 14.2. The lowest BCUT2D eigenvalue weighted by Gasteiger charge is -2.13. The van der Waals surface area contributed by atoms with Crippen LogP contribution >= 0.6 is 46.4 Å². The summed E-state index contributed by atoms with van der Waals surface area (Å²) in [6.07, 6.45) is 0. The number of nitrogens with one attached hydrogen (secondary N) is 2. The van der Waals surface area contributed by atoms with Gasteiger partial charge in [-0.2, -0.15) is 0 Å². The van der Waals surface area contributed by atoms with E-state index in [0.717, 1.165) is 18.2 Å². The van der Waals surface area contributed by atoms with Crippen LogP contribution < -0.4 is 16.4 Å². The Morgan fingerprint density at radius 2 is 1.64 bits per heavy atom. The fourth-order valence-corrected chi connectivity index (χ4v) is 5.07. The van der Waals surface area contributed by atoms with Gasteiger partial charge in [0, 0.05) is 11.6 Å². The fourth-order valence-electron chi connectivity index (χ4n) is 3.86. The Bertz CT molecular complexity index is 1420. The standard InChI is InChI=1S/C24H16Cl4F3N3O2/c1-9-6-11(8-12(19(9)26)22(35)34-16-5-4-15(30)21(32)20(16)31)33-23(36)18-17(24(18,27)28)10-2-3-14(29)13(25)7-10/h2-8,17-18H,32H2,1H3,(H,33,36)(H,34,35). The van der Waals surface area contributed by atoms with Crippen LogP contribution in [-0.4, -0.2) is 16.1 Å². The highest BCUT2D eigenvalue weighted by atomic mass is 35.5. The first-order chi connectivity index (χ1) is 16.8. The van der Waals surface area contributed by atoms with E-state index in [2.05, 4.69) is 10.6 Å². The molecular weight excluding hydrogens is 561 g/mol. The number of carbonyl (C=O) groups excluding carboxylic acids is 2. The molecule has 2 amide bonds. The third-order valence-corrected chi connectivity index (χ3v) is 7.51. The number of carbonyl (C=O) groups is 2. The molecule has 0 radical (unpaired) electrons. The average Bonchev–Trinajstić information content (AvgIpc) is 3.40. The van der Waals surface area contributed by atoms with E-state index in [9.17, 15) is 22.8 Å². The maximum Gasteiger partial charge on any atom is 0.257 e. The highest BCUT2D eigenvalue weighted by Crippen LogP contribution is 2.65. The molecule has 0 spiro atoms. The molecule has 3 aromatic rings. The summed E-state index contributed by atoms with van der Waals surface area (Å²) in [5.41, 5.74) is 5.25. The van der Waals surface area contributed by atoms with Gasteiger partial charge in [0.05, 0.1) is 27.2 Å². The number of nitrogen functional groups attached to an aromatic ring is 1. The normalized spacial score (nSPS) is 18.0. The van der Waals surface area contributed by atoms with Crippen molar-refractivity contribution in [1.29, 1.82) is 0 Å². The Balaban J connectivity index is 1.56. The number of hydrogen-bond donors (Lipinski definition) is 3. The molecule has 0 heterocycles. The van der Waals surface area contributed by atoms with E-state index in [4.69, 9.17) is 52.1 Å². The Morgan fingerprint density at radius 3 is 2.31 bits per heavy atom. The van der Waals surface area contributed by atoms with E-state index in [1.54, 1.807) is 6.92 Å². The number of rotatable bonds is 5. The summed E-state index contributed by atoms with van der Waals surface area (Å²) in [5.74, 6) is -5.66. The van der Waals surface area contributed by atoms with Gasteiger partial charge in [0.15, 0.2) is 5.82 Å². The van der Waals surface area contributed by atoms with Gasteiger partial charge in [-0.3, -0.25) is 9.59 Å². The highest BCUT2D eigenvalue weighted by molar-refractivity contribution is 6.53. The lowest BCUT2D eigenvalue weighted by Crippen LogP contribution is -2.19. The van der Waals surface area contributed by atoms with Crippen LogP contribution in [0, 0.1) is 30.3 Å². The topological polar surface area (TPSA) is 84.2 Å². The van der Waals surface area contributed by atoms with Gasteiger partial charge < -0.3 is 16.4 Å². The molecule has 1 fully saturated rings. The lowest BCUT2D eigenvalue weighted by atomic mass is 10.1. The van der Waals surface area contributed by atoms with Crippen molar-refractivity contribution >= 4 is 75.3 Å². The number of hydrogen-bond acceptors (Lipinski definition) is 3. The van der Waals surface area contributed by atoms with Crippen molar-refractivity contribution < 1.29 is 22.8 Å². The molecule has 3 aromatic carbocycles. The molecule has 2 unspecified atom stereocenters. The summed E-state index contributed by atoms with van der Waals surface area (Å²) in [7, 11) is 0. The first-order valence-corrected chi connectivity index (χ1v) is 11.8. The number of halogens is 7. The van der Waals surface area contributed by atoms with Crippen LogP contribution in [0.5, 0.6) is 0 Å². The molecule has 0 bridgehead atoms. The zero-order valence-corrected chi connectivity index (χ0v) is 21.3. The number of nitrogens with two attached hydrogens (primary N) is 1. The van der Waals surface area contributed by atoms with Crippen LogP contribution in [-0.2, 0) is 4.79 Å². The zero-order chi connectivity index (χ0) is 26.5. The molecule has 1 saturated carbocycles. The van der Waals surface area contributed by atoms with E-state index in [1.807, 2.05) is 0 Å². The van der Waals surface area contributed by atoms with E-state index in [-0.39, 0.29) is 27.0 Å². The molecule has 1 aliphatic rings. The van der Waals surface area contributed by atoms with Crippen molar-refractivity contribution in [2.24, 2.45) is 5.92 Å². The van der Waals surface area contributed by atoms with Gasteiger partial charge >= 0.3 is 0 Å². The van der Waals surface area contributed by atoms with Crippen molar-refractivity contribution in [1.82, 2.24) is 0 Å². The summed E-state index contributed by atoms with van der Waals surface area (Å²) < 4.78 is 39.7. The van der Waals surface area contributed by atoms with Gasteiger partial charge in [0.1, 0.15) is 21.7 Å². The first kappa shape index (κ1) is 26.4. The van der Waals surface area contributed by atoms with Crippen LogP contribution in [0.2, 0.25) is 10.0 Å². The predicted molar refractivity (Wildman–Crippen MR) is 136 cm³/mol. The lowest BCUT2D eigenvalue weighted by molar-refractivity contribution is -0.117. The Hall–Kier alpha value is -2.65. The largest absolute Gasteiger partial charge is 0.394 e. The Kier molecular flexibility index (Phi) is 7.09. The van der Waals surface area contributed by atoms with Crippen LogP contribution in [0.15, 0.2) is 42.5 Å². The van der Waals surface area contributed by atoms with Gasteiger partial charge in [-0.05, 0) is 54.4 Å². The predicted octanol–water partition coefficient (Wildman–Crippen LogP) is 7.08. The molecule has 1 aliphatic carbocycles. The van der Waals surface area contributed by atoms with Crippen LogP contribution in [0.3, 0.4) is 0 Å². The van der Waals surface area contributed by atoms with Crippen LogP contribution in [0.25, 0.3) is 0 Å². The van der Waals surface area contributed by atoms with Gasteiger partial charge in [0.2, 0.25) is 5.91 Å². The maximum absolute atomic E-state index is 14.2. The van der Waals surface area contributed by atoms with Crippen LogP contribution in [0.1, 0.15) is 27.4 Å². The number of anilines is 3. The highest BCUT2D eigenvalue weighted by Gasteiger charge is 2.67. The molecule has 12 heteroatoms. The van der Waals surface area contributed by atoms with Crippen molar-refractivity contribution in [2.45, 2.75) is 17.2 Å². The molecule has 0 saturated heterocycles. The van der Waals surface area contributed by atoms with Crippen molar-refractivity contribution in [3.63, 3.8) is 0 Å². The summed E-state index contributed by atoms with van der Waals surface area (Å²) in [4.78, 5) is 25.8. The van der Waals surface area contributed by atoms with Gasteiger partial charge in [-0.1, -0.05) is 29.3 Å². The second-order valence-corrected chi connectivity index (χ2v) is 10.5. The summed E-state index contributed by atoms with van der Waals surface area (Å²) >= 11 is 24.8. The van der Waals surface area contributed by atoms with Crippen molar-refractivity contribution in [3.05, 3.63) is 86.7 Å². The SMILES string of the molecule is Cc1cc(NC(=O)C2C(c3ccc(F)c(Cl)c3)C2(Cl)Cl)cc(C(=O)Nc2ccc(F)c(N)c2F)c1Cl. The van der Waals surface area contributed by atoms with E-state index in [1.165, 1.54) is 24.3 Å². The van der Waals surface area contributed by atoms with Gasteiger partial charge in [-0.25, -0.2) is 13.2 Å². The molecule has 2 atom stereocenters. The second-order valence-electron chi connectivity index (χ2n) is 8.22. The third-order valence-electron chi connectivity index (χ3n) is 5.78. The third kappa shape index (κ3) is 4.83. The zero-order valence-electron chi connectivity index (χ0n) is 18.2. The smallest absolute Gasteiger partial charge is 0.257 e. The Morgan fingerprint density at radius 1 is 0.972 bits per heavy atom. The van der Waals surface area contributed by atoms with Crippen LogP contribution in [0.4, 0.5) is 30.2 Å². The molecule has 4 N–H and O–H groups in total. The minimum absolute atomic E-state index is 0.0512. The second kappa shape index (κ2) is 9.67. The quantitative estimate of drug-likeness (QED) is 0.224. The molecule has 0 aromatic heterocycles. The van der Waals surface area contributed by atoms with Gasteiger partial charge in [0.25, 0.3) is 5.91 Å². The molecule has 36 heavy (non-hydrogen) atoms. The molecule has 5 nitrogen and oxygen atoms in total. The number of alkyl halides is 2. The van der Waals surface area contributed by atoms with E-state index >= 15 is 0 Å². The monoisotopic (exact) mass is 575 g/mol. The van der Waals surface area contributed by atoms with E-state index in [0.29, 0.717) is 11.1 Å².